The maximum atomic E-state index is 12.5. The van der Waals surface area contributed by atoms with Crippen molar-refractivity contribution in [2.24, 2.45) is 0 Å². The van der Waals surface area contributed by atoms with Gasteiger partial charge in [0.05, 0.1) is 25.6 Å². The van der Waals surface area contributed by atoms with Crippen molar-refractivity contribution < 1.29 is 19.1 Å². The molecule has 0 unspecified atom stereocenters. The number of nitrogens with zero attached hydrogens (tertiary/aromatic N) is 1. The van der Waals surface area contributed by atoms with Gasteiger partial charge in [-0.2, -0.15) is 0 Å². The van der Waals surface area contributed by atoms with Crippen molar-refractivity contribution >= 4 is 44.9 Å². The number of amides is 3. The first kappa shape index (κ1) is 19.0. The Kier molecular flexibility index (Phi) is 5.55. The zero-order valence-corrected chi connectivity index (χ0v) is 16.8. The van der Waals surface area contributed by atoms with Gasteiger partial charge in [-0.25, -0.2) is 4.79 Å². The minimum Gasteiger partial charge on any atom is -0.493 e. The number of hydrogen-bond donors (Lipinski definition) is 2. The van der Waals surface area contributed by atoms with E-state index in [4.69, 9.17) is 9.47 Å². The van der Waals surface area contributed by atoms with E-state index in [0.717, 1.165) is 22.1 Å². The van der Waals surface area contributed by atoms with E-state index in [1.165, 1.54) is 14.0 Å². The number of carbonyl (C=O) groups excluding carboxylic acids is 2. The van der Waals surface area contributed by atoms with Crippen molar-refractivity contribution in [1.82, 2.24) is 0 Å². The largest absolute Gasteiger partial charge is 0.493 e. The Morgan fingerprint density at radius 2 is 1.81 bits per heavy atom. The van der Waals surface area contributed by atoms with E-state index in [1.807, 2.05) is 6.07 Å². The molecule has 2 aromatic carbocycles. The van der Waals surface area contributed by atoms with Crippen LogP contribution in [0.2, 0.25) is 0 Å². The normalized spacial score (nSPS) is 12.4. The minimum atomic E-state index is -0.419. The molecule has 8 heteroatoms. The number of carbonyl (C=O) groups is 2. The first-order chi connectivity index (χ1) is 12.9. The Morgan fingerprint density at radius 1 is 1.07 bits per heavy atom. The molecule has 1 heterocycles. The highest BCUT2D eigenvalue weighted by molar-refractivity contribution is 9.10. The van der Waals surface area contributed by atoms with Crippen LogP contribution in [0.1, 0.15) is 12.5 Å². The van der Waals surface area contributed by atoms with E-state index in [-0.39, 0.29) is 5.91 Å². The molecule has 0 aliphatic carbocycles. The molecule has 0 aromatic heterocycles. The second kappa shape index (κ2) is 7.87. The summed E-state index contributed by atoms with van der Waals surface area (Å²) in [5.74, 6) is 1.03. The van der Waals surface area contributed by atoms with Crippen LogP contribution < -0.4 is 25.0 Å². The molecule has 0 saturated heterocycles. The van der Waals surface area contributed by atoms with Crippen molar-refractivity contribution in [2.75, 3.05) is 36.3 Å². The van der Waals surface area contributed by atoms with Crippen LogP contribution in [0.25, 0.3) is 0 Å². The fourth-order valence-corrected chi connectivity index (χ4v) is 3.62. The summed E-state index contributed by atoms with van der Waals surface area (Å²) in [5, 5.41) is 5.60. The third kappa shape index (κ3) is 4.00. The zero-order chi connectivity index (χ0) is 19.6. The molecule has 142 valence electrons. The molecule has 0 radical (unpaired) electrons. The first-order valence-corrected chi connectivity index (χ1v) is 9.12. The lowest BCUT2D eigenvalue weighted by Crippen LogP contribution is -2.28. The van der Waals surface area contributed by atoms with Gasteiger partial charge in [-0.1, -0.05) is 15.9 Å². The maximum absolute atomic E-state index is 12.5. The van der Waals surface area contributed by atoms with Crippen molar-refractivity contribution in [3.63, 3.8) is 0 Å². The summed E-state index contributed by atoms with van der Waals surface area (Å²) < 4.78 is 11.3. The molecule has 0 saturated carbocycles. The fourth-order valence-electron chi connectivity index (χ4n) is 3.12. The van der Waals surface area contributed by atoms with Crippen LogP contribution >= 0.6 is 15.9 Å². The van der Waals surface area contributed by atoms with Crippen LogP contribution in [0.3, 0.4) is 0 Å². The van der Waals surface area contributed by atoms with Gasteiger partial charge in [-0.05, 0) is 36.2 Å². The zero-order valence-electron chi connectivity index (χ0n) is 15.3. The average Bonchev–Trinajstić information content (AvgIpc) is 3.05. The second-order valence-corrected chi connectivity index (χ2v) is 6.95. The van der Waals surface area contributed by atoms with E-state index in [0.29, 0.717) is 29.4 Å². The van der Waals surface area contributed by atoms with Gasteiger partial charge < -0.3 is 25.0 Å². The topological polar surface area (TPSA) is 79.9 Å². The van der Waals surface area contributed by atoms with Crippen LogP contribution in [-0.2, 0) is 11.2 Å². The summed E-state index contributed by atoms with van der Waals surface area (Å²) in [7, 11) is 3.08. The van der Waals surface area contributed by atoms with Crippen molar-refractivity contribution in [3.8, 4) is 11.5 Å². The Labute approximate surface area is 165 Å². The first-order valence-electron chi connectivity index (χ1n) is 8.33. The van der Waals surface area contributed by atoms with E-state index in [1.54, 1.807) is 36.3 Å². The quantitative estimate of drug-likeness (QED) is 0.762. The summed E-state index contributed by atoms with van der Waals surface area (Å²) in [5.41, 5.74) is 2.89. The van der Waals surface area contributed by atoms with Gasteiger partial charge in [0.2, 0.25) is 5.91 Å². The second-order valence-electron chi connectivity index (χ2n) is 6.03. The number of benzene rings is 2. The van der Waals surface area contributed by atoms with Crippen LogP contribution in [-0.4, -0.2) is 32.7 Å². The van der Waals surface area contributed by atoms with Gasteiger partial charge in [0.25, 0.3) is 0 Å². The lowest BCUT2D eigenvalue weighted by Gasteiger charge is -2.20. The number of halogens is 1. The molecule has 2 N–H and O–H groups in total. The summed E-state index contributed by atoms with van der Waals surface area (Å²) in [6, 6.07) is 8.44. The smallest absolute Gasteiger partial charge is 0.323 e. The van der Waals surface area contributed by atoms with Gasteiger partial charge in [0, 0.05) is 29.7 Å². The standard InChI is InChI=1S/C19H20BrN3O4/c1-11(24)23-7-6-12-8-13(20)9-15(18(12)23)22-19(25)21-14-4-5-16(26-2)17(10-14)27-3/h4-5,8-10H,6-7H2,1-3H3,(H2,21,22,25). The van der Waals surface area contributed by atoms with Crippen molar-refractivity contribution in [2.45, 2.75) is 13.3 Å². The molecule has 0 spiro atoms. The molecule has 27 heavy (non-hydrogen) atoms. The van der Waals surface area contributed by atoms with Crippen molar-refractivity contribution in [1.29, 1.82) is 0 Å². The van der Waals surface area contributed by atoms with E-state index >= 15 is 0 Å². The molecular formula is C19H20BrN3O4. The van der Waals surface area contributed by atoms with Crippen molar-refractivity contribution in [3.05, 3.63) is 40.4 Å². The van der Waals surface area contributed by atoms with Crippen LogP contribution in [0.15, 0.2) is 34.8 Å². The number of methoxy groups -OCH3 is 2. The van der Waals surface area contributed by atoms with Crippen LogP contribution in [0.4, 0.5) is 21.9 Å². The average molecular weight is 434 g/mol. The molecule has 1 aliphatic rings. The van der Waals surface area contributed by atoms with E-state index < -0.39 is 6.03 Å². The molecule has 3 rings (SSSR count). The molecular weight excluding hydrogens is 414 g/mol. The number of rotatable bonds is 4. The molecule has 0 bridgehead atoms. The fraction of sp³-hybridized carbons (Fsp3) is 0.263. The Hall–Kier alpha value is -2.74. The number of anilines is 3. The molecule has 7 nitrogen and oxygen atoms in total. The SMILES string of the molecule is COc1ccc(NC(=O)Nc2cc(Br)cc3c2N(C(C)=O)CC3)cc1OC. The van der Waals surface area contributed by atoms with Gasteiger partial charge in [0.1, 0.15) is 0 Å². The number of ether oxygens (including phenoxy) is 2. The lowest BCUT2D eigenvalue weighted by atomic mass is 10.1. The number of hydrogen-bond acceptors (Lipinski definition) is 4. The Bertz CT molecular complexity index is 901. The highest BCUT2D eigenvalue weighted by Crippen LogP contribution is 2.38. The maximum Gasteiger partial charge on any atom is 0.323 e. The third-order valence-electron chi connectivity index (χ3n) is 4.30. The molecule has 3 amide bonds. The number of fused-ring (bicyclic) bond motifs is 1. The highest BCUT2D eigenvalue weighted by atomic mass is 79.9. The predicted molar refractivity (Wildman–Crippen MR) is 108 cm³/mol. The minimum absolute atomic E-state index is 0.0561. The molecule has 2 aromatic rings. The van der Waals surface area contributed by atoms with E-state index in [2.05, 4.69) is 26.6 Å². The Morgan fingerprint density at radius 3 is 2.48 bits per heavy atom. The summed E-state index contributed by atoms with van der Waals surface area (Å²) in [4.78, 5) is 26.1. The summed E-state index contributed by atoms with van der Waals surface area (Å²) >= 11 is 3.46. The van der Waals surface area contributed by atoms with Gasteiger partial charge in [0.15, 0.2) is 11.5 Å². The monoisotopic (exact) mass is 433 g/mol. The van der Waals surface area contributed by atoms with E-state index in [9.17, 15) is 9.59 Å². The number of urea groups is 1. The molecule has 0 atom stereocenters. The van der Waals surface area contributed by atoms with Crippen LogP contribution in [0, 0.1) is 0 Å². The third-order valence-corrected chi connectivity index (χ3v) is 4.76. The number of nitrogens with one attached hydrogen (secondary N) is 2. The van der Waals surface area contributed by atoms with Crippen LogP contribution in [0.5, 0.6) is 11.5 Å². The van der Waals surface area contributed by atoms with Gasteiger partial charge in [-0.3, -0.25) is 4.79 Å². The lowest BCUT2D eigenvalue weighted by molar-refractivity contribution is -0.116. The summed E-state index contributed by atoms with van der Waals surface area (Å²) in [6.07, 6.45) is 0.750. The summed E-state index contributed by atoms with van der Waals surface area (Å²) in [6.45, 7) is 2.12. The molecule has 0 fully saturated rings. The van der Waals surface area contributed by atoms with Gasteiger partial charge in [-0.15, -0.1) is 0 Å². The highest BCUT2D eigenvalue weighted by Gasteiger charge is 2.26. The molecule has 1 aliphatic heterocycles. The van der Waals surface area contributed by atoms with Gasteiger partial charge >= 0.3 is 6.03 Å². The Balaban J connectivity index is 1.82. The predicted octanol–water partition coefficient (Wildman–Crippen LogP) is 4.02.